The number of alkyl carbamates (subject to hydrolysis) is 1. The van der Waals surface area contributed by atoms with Gasteiger partial charge >= 0.3 is 6.09 Å². The maximum absolute atomic E-state index is 11.5. The van der Waals surface area contributed by atoms with Gasteiger partial charge in [0.15, 0.2) is 0 Å². The number of carbonyl (C=O) groups is 1. The molecule has 4 heteroatoms. The van der Waals surface area contributed by atoms with Crippen molar-refractivity contribution in [2.45, 2.75) is 58.1 Å². The van der Waals surface area contributed by atoms with Crippen molar-refractivity contribution in [1.29, 1.82) is 0 Å². The minimum Gasteiger partial charge on any atom is -0.444 e. The zero-order valence-electron chi connectivity index (χ0n) is 10.1. The molecule has 1 amide bonds. The Bertz CT molecular complexity index is 311. The Morgan fingerprint density at radius 1 is 1.50 bits per heavy atom. The van der Waals surface area contributed by atoms with Crippen molar-refractivity contribution in [2.75, 3.05) is 0 Å². The van der Waals surface area contributed by atoms with Gasteiger partial charge in [-0.05, 0) is 46.5 Å². The summed E-state index contributed by atoms with van der Waals surface area (Å²) in [6.07, 6.45) is 2.80. The van der Waals surface area contributed by atoms with Crippen molar-refractivity contribution in [3.8, 4) is 0 Å². The van der Waals surface area contributed by atoms with E-state index in [9.17, 15) is 9.59 Å². The van der Waals surface area contributed by atoms with E-state index in [1.165, 1.54) is 0 Å². The monoisotopic (exact) mass is 225 g/mol. The molecule has 0 heterocycles. The lowest BCUT2D eigenvalue weighted by molar-refractivity contribution is 0.0498. The molecule has 4 nitrogen and oxygen atoms in total. The zero-order chi connectivity index (χ0) is 12.2. The van der Waals surface area contributed by atoms with Crippen LogP contribution in [0.15, 0.2) is 5.57 Å². The second kappa shape index (κ2) is 5.17. The number of nitrogens with one attached hydrogen (secondary N) is 1. The van der Waals surface area contributed by atoms with Crippen molar-refractivity contribution in [2.24, 2.45) is 0 Å². The topological polar surface area (TPSA) is 55.4 Å². The van der Waals surface area contributed by atoms with Crippen LogP contribution in [0.3, 0.4) is 0 Å². The molecule has 90 valence electrons. The van der Waals surface area contributed by atoms with E-state index in [2.05, 4.69) is 5.32 Å². The van der Waals surface area contributed by atoms with Crippen LogP contribution in [0.2, 0.25) is 0 Å². The third-order valence-electron chi connectivity index (χ3n) is 2.39. The number of amides is 1. The van der Waals surface area contributed by atoms with E-state index in [1.807, 2.05) is 26.7 Å². The molecule has 1 saturated carbocycles. The highest BCUT2D eigenvalue weighted by atomic mass is 16.6. The summed E-state index contributed by atoms with van der Waals surface area (Å²) in [5.41, 5.74) is 0.273. The van der Waals surface area contributed by atoms with Crippen LogP contribution in [0.5, 0.6) is 0 Å². The molecule has 0 radical (unpaired) electrons. The van der Waals surface area contributed by atoms with E-state index in [-0.39, 0.29) is 6.04 Å². The first-order valence-electron chi connectivity index (χ1n) is 5.63. The van der Waals surface area contributed by atoms with E-state index in [0.717, 1.165) is 24.8 Å². The normalized spacial score (nSPS) is 21.2. The van der Waals surface area contributed by atoms with E-state index in [4.69, 9.17) is 4.74 Å². The number of carbonyl (C=O) groups excluding carboxylic acids is 2. The van der Waals surface area contributed by atoms with Crippen LogP contribution in [0.1, 0.15) is 46.5 Å². The summed E-state index contributed by atoms with van der Waals surface area (Å²) in [6.45, 7) is 5.47. The molecule has 1 aliphatic carbocycles. The second-order valence-corrected chi connectivity index (χ2v) is 5.15. The highest BCUT2D eigenvalue weighted by Gasteiger charge is 2.22. The van der Waals surface area contributed by atoms with Crippen molar-refractivity contribution in [1.82, 2.24) is 5.32 Å². The lowest BCUT2D eigenvalue weighted by Crippen LogP contribution is -2.40. The first-order chi connectivity index (χ1) is 7.40. The van der Waals surface area contributed by atoms with Crippen molar-refractivity contribution < 1.29 is 14.3 Å². The van der Waals surface area contributed by atoms with Gasteiger partial charge in [-0.25, -0.2) is 9.59 Å². The van der Waals surface area contributed by atoms with E-state index in [1.54, 1.807) is 0 Å². The third-order valence-corrected chi connectivity index (χ3v) is 2.39. The number of hydrogen-bond acceptors (Lipinski definition) is 3. The molecular formula is C12H19NO3. The van der Waals surface area contributed by atoms with Gasteiger partial charge in [0, 0.05) is 11.6 Å². The van der Waals surface area contributed by atoms with Crippen LogP contribution < -0.4 is 5.32 Å². The van der Waals surface area contributed by atoms with Gasteiger partial charge in [0.2, 0.25) is 0 Å². The Morgan fingerprint density at radius 2 is 2.19 bits per heavy atom. The van der Waals surface area contributed by atoms with E-state index in [0.29, 0.717) is 6.42 Å². The van der Waals surface area contributed by atoms with E-state index < -0.39 is 11.7 Å². The Balaban J connectivity index is 2.42. The first-order valence-corrected chi connectivity index (χ1v) is 5.63. The Labute approximate surface area is 96.0 Å². The van der Waals surface area contributed by atoms with Gasteiger partial charge in [0.05, 0.1) is 0 Å². The van der Waals surface area contributed by atoms with Gasteiger partial charge in [0.25, 0.3) is 0 Å². The molecule has 1 atom stereocenters. The highest BCUT2D eigenvalue weighted by molar-refractivity contribution is 5.68. The second-order valence-electron chi connectivity index (χ2n) is 5.15. The smallest absolute Gasteiger partial charge is 0.407 e. The fraction of sp³-hybridized carbons (Fsp3) is 0.750. The average molecular weight is 225 g/mol. The molecule has 0 unspecified atom stereocenters. The molecule has 0 bridgehead atoms. The van der Waals surface area contributed by atoms with Gasteiger partial charge in [-0.1, -0.05) is 0 Å². The van der Waals surface area contributed by atoms with Crippen molar-refractivity contribution >= 4 is 12.0 Å². The quantitative estimate of drug-likeness (QED) is 0.696. The number of ether oxygens (including phenoxy) is 1. The lowest BCUT2D eigenvalue weighted by atomic mass is 9.92. The summed E-state index contributed by atoms with van der Waals surface area (Å²) >= 11 is 0. The summed E-state index contributed by atoms with van der Waals surface area (Å²) < 4.78 is 5.15. The third kappa shape index (κ3) is 4.49. The number of hydrogen-bond donors (Lipinski definition) is 1. The van der Waals surface area contributed by atoms with Gasteiger partial charge in [-0.2, -0.15) is 0 Å². The summed E-state index contributed by atoms with van der Waals surface area (Å²) in [5.74, 6) is 1.93. The van der Waals surface area contributed by atoms with Crippen LogP contribution in [-0.2, 0) is 9.53 Å². The highest BCUT2D eigenvalue weighted by Crippen LogP contribution is 2.21. The SMILES string of the molecule is CC(C)(C)OC(=O)N[C@H]1CCCC(=C=O)C1. The molecule has 0 aromatic heterocycles. The molecule has 1 N–H and O–H groups in total. The van der Waals surface area contributed by atoms with Gasteiger partial charge in [-0.3, -0.25) is 0 Å². The fourth-order valence-corrected chi connectivity index (χ4v) is 1.75. The van der Waals surface area contributed by atoms with Crippen LogP contribution in [0.4, 0.5) is 4.79 Å². The molecule has 16 heavy (non-hydrogen) atoms. The average Bonchev–Trinajstić information content (AvgIpc) is 2.15. The van der Waals surface area contributed by atoms with Gasteiger partial charge in [-0.15, -0.1) is 0 Å². The molecular weight excluding hydrogens is 206 g/mol. The molecule has 0 aliphatic heterocycles. The summed E-state index contributed by atoms with van der Waals surface area (Å²) in [5, 5.41) is 2.78. The predicted octanol–water partition coefficient (Wildman–Crippen LogP) is 2.21. The standard InChI is InChI=1S/C12H19NO3/c1-12(2,3)16-11(15)13-10-6-4-5-9(7-10)8-14/h10H,4-7H2,1-3H3,(H,13,15)/t10-/m0/s1. The molecule has 0 aromatic rings. The fourth-order valence-electron chi connectivity index (χ4n) is 1.75. The molecule has 0 aromatic carbocycles. The van der Waals surface area contributed by atoms with Crippen molar-refractivity contribution in [3.63, 3.8) is 0 Å². The molecule has 0 saturated heterocycles. The van der Waals surface area contributed by atoms with Gasteiger partial charge in [0.1, 0.15) is 11.5 Å². The van der Waals surface area contributed by atoms with Crippen LogP contribution in [-0.4, -0.2) is 23.7 Å². The maximum atomic E-state index is 11.5. The van der Waals surface area contributed by atoms with Gasteiger partial charge < -0.3 is 10.1 Å². The lowest BCUT2D eigenvalue weighted by Gasteiger charge is -2.26. The summed E-state index contributed by atoms with van der Waals surface area (Å²) in [6, 6.07) is 0.0139. The molecule has 1 fully saturated rings. The minimum absolute atomic E-state index is 0.0139. The Hall–Kier alpha value is -1.28. The molecule has 0 spiro atoms. The van der Waals surface area contributed by atoms with E-state index >= 15 is 0 Å². The maximum Gasteiger partial charge on any atom is 0.407 e. The minimum atomic E-state index is -0.484. The van der Waals surface area contributed by atoms with Crippen LogP contribution in [0, 0.1) is 0 Å². The van der Waals surface area contributed by atoms with Crippen LogP contribution in [0.25, 0.3) is 0 Å². The predicted molar refractivity (Wildman–Crippen MR) is 60.8 cm³/mol. The Kier molecular flexibility index (Phi) is 4.13. The number of rotatable bonds is 1. The van der Waals surface area contributed by atoms with Crippen LogP contribution >= 0.6 is 0 Å². The largest absolute Gasteiger partial charge is 0.444 e. The first kappa shape index (κ1) is 12.8. The molecule has 1 aliphatic rings. The summed E-state index contributed by atoms with van der Waals surface area (Å²) in [7, 11) is 0. The Morgan fingerprint density at radius 3 is 2.75 bits per heavy atom. The summed E-state index contributed by atoms with van der Waals surface area (Å²) in [4.78, 5) is 22.0. The van der Waals surface area contributed by atoms with Crippen molar-refractivity contribution in [3.05, 3.63) is 5.57 Å². The zero-order valence-corrected chi connectivity index (χ0v) is 10.1. The molecule has 1 rings (SSSR count).